The average Bonchev–Trinajstić information content (AvgIpc) is 3.39. The summed E-state index contributed by atoms with van der Waals surface area (Å²) in [6.07, 6.45) is 14.9. The number of benzene rings is 8. The van der Waals surface area contributed by atoms with E-state index in [2.05, 4.69) is 202 Å². The Balaban J connectivity index is 1.18. The van der Waals surface area contributed by atoms with Crippen LogP contribution in [0.1, 0.15) is 0 Å². The highest BCUT2D eigenvalue weighted by Gasteiger charge is 2.22. The highest BCUT2D eigenvalue weighted by atomic mass is 14.6. The van der Waals surface area contributed by atoms with Gasteiger partial charge in [-0.05, 0) is 206 Å². The lowest BCUT2D eigenvalue weighted by Gasteiger charge is -2.22. The third-order valence-corrected chi connectivity index (χ3v) is 12.6. The highest BCUT2D eigenvalue weighted by molar-refractivity contribution is 6.32. The van der Waals surface area contributed by atoms with Gasteiger partial charge in [-0.15, -0.1) is 0 Å². The highest BCUT2D eigenvalue weighted by Crippen LogP contribution is 2.49. The molecular formula is C60H38N4. The van der Waals surface area contributed by atoms with E-state index in [9.17, 15) is 0 Å². The number of hydrogen-bond acceptors (Lipinski definition) is 4. The lowest BCUT2D eigenvalue weighted by atomic mass is 9.81. The van der Waals surface area contributed by atoms with Gasteiger partial charge in [0.25, 0.3) is 0 Å². The lowest BCUT2D eigenvalue weighted by Crippen LogP contribution is -1.95. The van der Waals surface area contributed by atoms with Gasteiger partial charge in [0, 0.05) is 49.6 Å². The van der Waals surface area contributed by atoms with Crippen LogP contribution in [0.3, 0.4) is 0 Å². The van der Waals surface area contributed by atoms with Crippen LogP contribution in [-0.2, 0) is 0 Å². The molecule has 4 heterocycles. The molecular weight excluding hydrogens is 777 g/mol. The zero-order chi connectivity index (χ0) is 42.4. The van der Waals surface area contributed by atoms with Crippen molar-refractivity contribution >= 4 is 32.3 Å². The van der Waals surface area contributed by atoms with Crippen molar-refractivity contribution in [1.29, 1.82) is 0 Å². The summed E-state index contributed by atoms with van der Waals surface area (Å²) in [5.41, 5.74) is 18.6. The summed E-state index contributed by atoms with van der Waals surface area (Å²) in [7, 11) is 0. The van der Waals surface area contributed by atoms with Crippen LogP contribution in [0.25, 0.3) is 121 Å². The molecule has 0 unspecified atom stereocenters. The molecule has 0 N–H and O–H groups in total. The van der Waals surface area contributed by atoms with Crippen LogP contribution in [0, 0.1) is 0 Å². The Bertz CT molecular complexity index is 3170. The predicted molar refractivity (Wildman–Crippen MR) is 265 cm³/mol. The van der Waals surface area contributed by atoms with Gasteiger partial charge in [0.05, 0.1) is 0 Å². The minimum absolute atomic E-state index is 1.14. The fourth-order valence-corrected chi connectivity index (χ4v) is 9.59. The largest absolute Gasteiger partial charge is 0.265 e. The Kier molecular flexibility index (Phi) is 9.12. The first kappa shape index (κ1) is 37.2. The first-order chi connectivity index (χ1) is 31.7. The monoisotopic (exact) mass is 814 g/mol. The molecule has 298 valence electrons. The van der Waals surface area contributed by atoms with Crippen LogP contribution in [0.15, 0.2) is 232 Å². The maximum absolute atomic E-state index is 4.30. The number of pyridine rings is 4. The van der Waals surface area contributed by atoms with E-state index in [-0.39, 0.29) is 0 Å². The van der Waals surface area contributed by atoms with Crippen LogP contribution >= 0.6 is 0 Å². The van der Waals surface area contributed by atoms with Crippen molar-refractivity contribution in [2.24, 2.45) is 0 Å². The van der Waals surface area contributed by atoms with Crippen LogP contribution < -0.4 is 0 Å². The van der Waals surface area contributed by atoms with E-state index in [1.54, 1.807) is 0 Å². The van der Waals surface area contributed by atoms with E-state index >= 15 is 0 Å². The van der Waals surface area contributed by atoms with Gasteiger partial charge >= 0.3 is 0 Å². The Morgan fingerprint density at radius 3 is 0.641 bits per heavy atom. The number of hydrogen-bond donors (Lipinski definition) is 0. The summed E-state index contributed by atoms with van der Waals surface area (Å²) in [6, 6.07) is 66.6. The van der Waals surface area contributed by atoms with Gasteiger partial charge in [0.15, 0.2) is 0 Å². The van der Waals surface area contributed by atoms with E-state index in [0.717, 1.165) is 66.8 Å². The molecule has 0 aliphatic carbocycles. The number of nitrogens with zero attached hydrogens (tertiary/aromatic N) is 4. The molecule has 12 rings (SSSR count). The van der Waals surface area contributed by atoms with Gasteiger partial charge < -0.3 is 0 Å². The summed E-state index contributed by atoms with van der Waals surface area (Å²) < 4.78 is 0. The summed E-state index contributed by atoms with van der Waals surface area (Å²) in [4.78, 5) is 17.2. The Labute approximate surface area is 371 Å². The van der Waals surface area contributed by atoms with Crippen LogP contribution in [0.4, 0.5) is 0 Å². The van der Waals surface area contributed by atoms with Gasteiger partial charge in [-0.2, -0.15) is 0 Å². The second kappa shape index (κ2) is 15.7. The maximum Gasteiger partial charge on any atom is 0.0273 e. The second-order valence-electron chi connectivity index (χ2n) is 16.3. The first-order valence-electron chi connectivity index (χ1n) is 21.6. The van der Waals surface area contributed by atoms with Crippen LogP contribution in [0.5, 0.6) is 0 Å². The fourth-order valence-electron chi connectivity index (χ4n) is 9.59. The molecule has 4 nitrogen and oxygen atoms in total. The number of rotatable bonds is 8. The molecule has 12 aromatic rings. The molecule has 0 saturated heterocycles. The molecule has 0 radical (unpaired) electrons. The average molecular weight is 815 g/mol. The number of aromatic nitrogens is 4. The molecule has 8 aromatic carbocycles. The topological polar surface area (TPSA) is 51.6 Å². The summed E-state index contributed by atoms with van der Waals surface area (Å²) in [6.45, 7) is 0. The normalized spacial score (nSPS) is 11.4. The van der Waals surface area contributed by atoms with Gasteiger partial charge in [0.1, 0.15) is 0 Å². The van der Waals surface area contributed by atoms with E-state index in [0.29, 0.717) is 0 Å². The minimum Gasteiger partial charge on any atom is -0.265 e. The summed E-state index contributed by atoms with van der Waals surface area (Å²) >= 11 is 0. The van der Waals surface area contributed by atoms with Crippen molar-refractivity contribution in [3.05, 3.63) is 232 Å². The quantitative estimate of drug-likeness (QED) is 0.143. The molecule has 0 atom stereocenters. The zero-order valence-corrected chi connectivity index (χ0v) is 34.7. The molecule has 64 heavy (non-hydrogen) atoms. The smallest absolute Gasteiger partial charge is 0.0273 e. The van der Waals surface area contributed by atoms with Gasteiger partial charge in [0.2, 0.25) is 0 Å². The zero-order valence-electron chi connectivity index (χ0n) is 34.7. The molecule has 4 heteroatoms. The molecule has 0 saturated carbocycles. The second-order valence-corrected chi connectivity index (χ2v) is 16.3. The van der Waals surface area contributed by atoms with Crippen molar-refractivity contribution in [3.8, 4) is 89.0 Å². The predicted octanol–water partition coefficient (Wildman–Crippen LogP) is 15.5. The van der Waals surface area contributed by atoms with Gasteiger partial charge in [-0.1, -0.05) is 97.1 Å². The van der Waals surface area contributed by atoms with Gasteiger partial charge in [-0.25, -0.2) is 0 Å². The van der Waals surface area contributed by atoms with Crippen LogP contribution in [-0.4, -0.2) is 19.9 Å². The standard InChI is InChI=1S/C60H38N4/c1-5-43(39-17-25-61-26-18-39)33-47(9-1)55-37-56(48-10-2-6-44(34-48)40-19-27-62-28-20-40)52-15-16-54-58(50-12-4-8-46(36-50)42-23-31-64-32-24-42)38-57(53-14-13-51(55)59(52)60(53)54)49-11-3-7-45(35-49)41-21-29-63-30-22-41/h1-38H. The molecule has 4 aromatic heterocycles. The molecule has 0 bridgehead atoms. The van der Waals surface area contributed by atoms with Crippen LogP contribution in [0.2, 0.25) is 0 Å². The van der Waals surface area contributed by atoms with Crippen molar-refractivity contribution in [2.45, 2.75) is 0 Å². The summed E-state index contributed by atoms with van der Waals surface area (Å²) in [5.74, 6) is 0. The molecule has 0 spiro atoms. The Morgan fingerprint density at radius 2 is 0.406 bits per heavy atom. The lowest BCUT2D eigenvalue weighted by molar-refractivity contribution is 1.33. The van der Waals surface area contributed by atoms with E-state index in [1.807, 2.05) is 49.6 Å². The SMILES string of the molecule is c1cc(-c2ccncc2)cc(-c2cc(-c3cccc(-c4ccncc4)c3)c3ccc4c(-c5cccc(-c6ccncc6)c5)cc(-c5cccc(-c6ccncc6)c5)c5ccc2c3c54)c1. The Hall–Kier alpha value is -8.60. The molecule has 0 aliphatic heterocycles. The van der Waals surface area contributed by atoms with Crippen molar-refractivity contribution in [2.75, 3.05) is 0 Å². The van der Waals surface area contributed by atoms with Crippen molar-refractivity contribution in [3.63, 3.8) is 0 Å². The molecule has 0 amide bonds. The van der Waals surface area contributed by atoms with Crippen molar-refractivity contribution < 1.29 is 0 Å². The maximum atomic E-state index is 4.30. The molecule has 0 aliphatic rings. The van der Waals surface area contributed by atoms with E-state index in [1.165, 1.54) is 54.6 Å². The third-order valence-electron chi connectivity index (χ3n) is 12.6. The van der Waals surface area contributed by atoms with Crippen molar-refractivity contribution in [1.82, 2.24) is 19.9 Å². The van der Waals surface area contributed by atoms with E-state index < -0.39 is 0 Å². The minimum atomic E-state index is 1.14. The Morgan fingerprint density at radius 1 is 0.188 bits per heavy atom. The van der Waals surface area contributed by atoms with E-state index in [4.69, 9.17) is 0 Å². The third kappa shape index (κ3) is 6.57. The van der Waals surface area contributed by atoms with Gasteiger partial charge in [-0.3, -0.25) is 19.9 Å². The summed E-state index contributed by atoms with van der Waals surface area (Å²) in [5, 5.41) is 7.37. The fraction of sp³-hybridized carbons (Fsp3) is 0. The first-order valence-corrected chi connectivity index (χ1v) is 21.6. The molecule has 0 fully saturated rings.